The average Bonchev–Trinajstić information content (AvgIpc) is 2.92. The van der Waals surface area contributed by atoms with Crippen LogP contribution in [0.4, 0.5) is 0 Å². The standard InChI is InChI=1S/C14H17N3O2/c15-10-13(12-2-1-5-16-11-12)17-6-3-14(4-7-17)18-8-9-19-14/h1-2,5,11,13H,3-4,6-9H2. The number of pyridine rings is 1. The van der Waals surface area contributed by atoms with Crippen molar-refractivity contribution in [3.8, 4) is 6.07 Å². The number of aromatic nitrogens is 1. The summed E-state index contributed by atoms with van der Waals surface area (Å²) in [6.45, 7) is 2.99. The monoisotopic (exact) mass is 259 g/mol. The maximum atomic E-state index is 9.41. The molecule has 1 aromatic rings. The maximum Gasteiger partial charge on any atom is 0.170 e. The zero-order valence-electron chi connectivity index (χ0n) is 10.8. The van der Waals surface area contributed by atoms with Crippen molar-refractivity contribution in [3.63, 3.8) is 0 Å². The largest absolute Gasteiger partial charge is 0.347 e. The van der Waals surface area contributed by atoms with Crippen LogP contribution in [-0.4, -0.2) is 42.0 Å². The first-order valence-corrected chi connectivity index (χ1v) is 6.64. The Morgan fingerprint density at radius 1 is 1.32 bits per heavy atom. The molecule has 0 amide bonds. The third-order valence-corrected chi connectivity index (χ3v) is 3.86. The van der Waals surface area contributed by atoms with E-state index in [9.17, 15) is 5.26 Å². The number of likely N-dealkylation sites (tertiary alicyclic amines) is 1. The molecule has 1 atom stereocenters. The molecule has 3 heterocycles. The topological polar surface area (TPSA) is 58.4 Å². The molecule has 1 unspecified atom stereocenters. The Kier molecular flexibility index (Phi) is 3.47. The van der Waals surface area contributed by atoms with Gasteiger partial charge < -0.3 is 9.47 Å². The van der Waals surface area contributed by atoms with Crippen LogP contribution in [0.1, 0.15) is 24.4 Å². The van der Waals surface area contributed by atoms with E-state index in [-0.39, 0.29) is 11.8 Å². The van der Waals surface area contributed by atoms with E-state index in [1.807, 2.05) is 12.1 Å². The summed E-state index contributed by atoms with van der Waals surface area (Å²) in [4.78, 5) is 6.27. The van der Waals surface area contributed by atoms with Crippen molar-refractivity contribution in [2.75, 3.05) is 26.3 Å². The predicted octanol–water partition coefficient (Wildman–Crippen LogP) is 1.49. The Morgan fingerprint density at radius 2 is 2.05 bits per heavy atom. The van der Waals surface area contributed by atoms with Crippen LogP contribution in [0.15, 0.2) is 24.5 Å². The molecule has 100 valence electrons. The van der Waals surface area contributed by atoms with Gasteiger partial charge in [-0.3, -0.25) is 9.88 Å². The summed E-state index contributed by atoms with van der Waals surface area (Å²) in [5, 5.41) is 9.41. The third kappa shape index (κ3) is 2.47. The summed E-state index contributed by atoms with van der Waals surface area (Å²) in [6.07, 6.45) is 5.14. The fraction of sp³-hybridized carbons (Fsp3) is 0.571. The Morgan fingerprint density at radius 3 is 2.63 bits per heavy atom. The number of hydrogen-bond donors (Lipinski definition) is 0. The third-order valence-electron chi connectivity index (χ3n) is 3.86. The van der Waals surface area contributed by atoms with E-state index in [1.165, 1.54) is 0 Å². The normalized spacial score (nSPS) is 24.2. The van der Waals surface area contributed by atoms with E-state index in [2.05, 4.69) is 16.0 Å². The summed E-state index contributed by atoms with van der Waals surface area (Å²) < 4.78 is 11.4. The zero-order chi connectivity index (χ0) is 13.1. The molecular formula is C14H17N3O2. The number of piperidine rings is 1. The van der Waals surface area contributed by atoms with Crippen molar-refractivity contribution in [2.45, 2.75) is 24.7 Å². The van der Waals surface area contributed by atoms with Gasteiger partial charge in [0.15, 0.2) is 5.79 Å². The van der Waals surface area contributed by atoms with Crippen molar-refractivity contribution in [1.82, 2.24) is 9.88 Å². The first-order valence-electron chi connectivity index (χ1n) is 6.64. The summed E-state index contributed by atoms with van der Waals surface area (Å²) >= 11 is 0. The van der Waals surface area contributed by atoms with Crippen LogP contribution in [-0.2, 0) is 9.47 Å². The van der Waals surface area contributed by atoms with Gasteiger partial charge in [0.05, 0.1) is 19.3 Å². The highest BCUT2D eigenvalue weighted by Gasteiger charge is 2.41. The number of nitriles is 1. The molecule has 3 rings (SSSR count). The molecule has 0 bridgehead atoms. The highest BCUT2D eigenvalue weighted by molar-refractivity contribution is 5.20. The van der Waals surface area contributed by atoms with Gasteiger partial charge in [0.1, 0.15) is 6.04 Å². The highest BCUT2D eigenvalue weighted by atomic mass is 16.7. The predicted molar refractivity (Wildman–Crippen MR) is 68.0 cm³/mol. The van der Waals surface area contributed by atoms with Gasteiger partial charge >= 0.3 is 0 Å². The van der Waals surface area contributed by atoms with E-state index >= 15 is 0 Å². The Balaban J connectivity index is 1.68. The van der Waals surface area contributed by atoms with Gasteiger partial charge in [-0.2, -0.15) is 5.26 Å². The fourth-order valence-corrected chi connectivity index (χ4v) is 2.81. The Bertz CT molecular complexity index is 455. The number of ether oxygens (including phenoxy) is 2. The van der Waals surface area contributed by atoms with Crippen LogP contribution in [0.3, 0.4) is 0 Å². The minimum absolute atomic E-state index is 0.229. The van der Waals surface area contributed by atoms with Crippen LogP contribution in [0, 0.1) is 11.3 Å². The van der Waals surface area contributed by atoms with E-state index in [0.29, 0.717) is 13.2 Å². The molecule has 0 aromatic carbocycles. The lowest BCUT2D eigenvalue weighted by molar-refractivity contribution is -0.186. The molecule has 2 saturated heterocycles. The van der Waals surface area contributed by atoms with Crippen molar-refractivity contribution in [3.05, 3.63) is 30.1 Å². The average molecular weight is 259 g/mol. The lowest BCUT2D eigenvalue weighted by Crippen LogP contribution is -2.46. The molecule has 0 radical (unpaired) electrons. The summed E-state index contributed by atoms with van der Waals surface area (Å²) in [5.41, 5.74) is 0.953. The van der Waals surface area contributed by atoms with Crippen LogP contribution in [0.2, 0.25) is 0 Å². The van der Waals surface area contributed by atoms with Crippen LogP contribution < -0.4 is 0 Å². The van der Waals surface area contributed by atoms with Crippen molar-refractivity contribution in [2.24, 2.45) is 0 Å². The molecule has 1 spiro atoms. The van der Waals surface area contributed by atoms with Gasteiger partial charge in [0.25, 0.3) is 0 Å². The molecule has 0 aliphatic carbocycles. The first kappa shape index (κ1) is 12.5. The fourth-order valence-electron chi connectivity index (χ4n) is 2.81. The molecular weight excluding hydrogens is 242 g/mol. The van der Waals surface area contributed by atoms with E-state index in [0.717, 1.165) is 31.5 Å². The summed E-state index contributed by atoms with van der Waals surface area (Å²) in [7, 11) is 0. The van der Waals surface area contributed by atoms with E-state index < -0.39 is 0 Å². The molecule has 0 N–H and O–H groups in total. The minimum atomic E-state index is -0.383. The molecule has 5 nitrogen and oxygen atoms in total. The second kappa shape index (κ2) is 5.25. The molecule has 2 aliphatic heterocycles. The van der Waals surface area contributed by atoms with E-state index in [4.69, 9.17) is 9.47 Å². The van der Waals surface area contributed by atoms with Gasteiger partial charge in [-0.05, 0) is 6.07 Å². The second-order valence-electron chi connectivity index (χ2n) is 4.96. The molecule has 2 aliphatic rings. The smallest absolute Gasteiger partial charge is 0.170 e. The second-order valence-corrected chi connectivity index (χ2v) is 4.96. The van der Waals surface area contributed by atoms with Gasteiger partial charge in [-0.25, -0.2) is 0 Å². The van der Waals surface area contributed by atoms with Crippen LogP contribution >= 0.6 is 0 Å². The lowest BCUT2D eigenvalue weighted by atomic mass is 10.00. The molecule has 1 aromatic heterocycles. The van der Waals surface area contributed by atoms with Crippen molar-refractivity contribution < 1.29 is 9.47 Å². The summed E-state index contributed by atoms with van der Waals surface area (Å²) in [5.74, 6) is -0.383. The molecule has 19 heavy (non-hydrogen) atoms. The highest BCUT2D eigenvalue weighted by Crippen LogP contribution is 2.34. The lowest BCUT2D eigenvalue weighted by Gasteiger charge is -2.39. The zero-order valence-corrected chi connectivity index (χ0v) is 10.8. The minimum Gasteiger partial charge on any atom is -0.347 e. The number of rotatable bonds is 2. The van der Waals surface area contributed by atoms with Crippen molar-refractivity contribution >= 4 is 0 Å². The van der Waals surface area contributed by atoms with Crippen LogP contribution in [0.25, 0.3) is 0 Å². The number of nitrogens with zero attached hydrogens (tertiary/aromatic N) is 3. The van der Waals surface area contributed by atoms with Crippen LogP contribution in [0.5, 0.6) is 0 Å². The molecule has 0 saturated carbocycles. The molecule has 2 fully saturated rings. The quantitative estimate of drug-likeness (QED) is 0.805. The van der Waals surface area contributed by atoms with E-state index in [1.54, 1.807) is 12.4 Å². The SMILES string of the molecule is N#CC(c1cccnc1)N1CCC2(CC1)OCCO2. The van der Waals surface area contributed by atoms with Crippen molar-refractivity contribution in [1.29, 1.82) is 5.26 Å². The summed E-state index contributed by atoms with van der Waals surface area (Å²) in [6, 6.07) is 5.96. The van der Waals surface area contributed by atoms with Gasteiger partial charge in [0, 0.05) is 43.9 Å². The van der Waals surface area contributed by atoms with Gasteiger partial charge in [0.2, 0.25) is 0 Å². The first-order chi connectivity index (χ1) is 9.33. The number of hydrogen-bond acceptors (Lipinski definition) is 5. The Labute approximate surface area is 112 Å². The Hall–Kier alpha value is -1.48. The van der Waals surface area contributed by atoms with Gasteiger partial charge in [-0.15, -0.1) is 0 Å². The molecule has 5 heteroatoms. The maximum absolute atomic E-state index is 9.41. The van der Waals surface area contributed by atoms with Gasteiger partial charge in [-0.1, -0.05) is 6.07 Å².